The van der Waals surface area contributed by atoms with Crippen LogP contribution in [0.5, 0.6) is 0 Å². The van der Waals surface area contributed by atoms with Gasteiger partial charge in [-0.25, -0.2) is 4.79 Å². The molecule has 0 atom stereocenters. The van der Waals surface area contributed by atoms with E-state index in [0.29, 0.717) is 0 Å². The number of hydrogen-bond acceptors (Lipinski definition) is 3. The Hall–Kier alpha value is -1.34. The van der Waals surface area contributed by atoms with Gasteiger partial charge in [-0.1, -0.05) is 0 Å². The molecular weight excluding hydrogens is 142 g/mol. The van der Waals surface area contributed by atoms with Crippen LogP contribution in [0.2, 0.25) is 0 Å². The zero-order valence-corrected chi connectivity index (χ0v) is 6.50. The van der Waals surface area contributed by atoms with Crippen molar-refractivity contribution in [2.45, 2.75) is 19.4 Å². The van der Waals surface area contributed by atoms with E-state index in [0.717, 1.165) is 5.56 Å². The molecule has 3 nitrogen and oxygen atoms in total. The highest BCUT2D eigenvalue weighted by Gasteiger charge is 2.19. The number of nitrogens with zero attached hydrogens (tertiary/aromatic N) is 1. The smallest absolute Gasteiger partial charge is 0.235 e. The lowest BCUT2D eigenvalue weighted by atomic mass is 9.99. The maximum Gasteiger partial charge on any atom is 0.235 e. The summed E-state index contributed by atoms with van der Waals surface area (Å²) in [5.74, 6) is 0. The van der Waals surface area contributed by atoms with Crippen LogP contribution in [0, 0.1) is 0 Å². The predicted molar refractivity (Wildman–Crippen MR) is 39.9 cm³/mol. The van der Waals surface area contributed by atoms with Crippen LogP contribution in [0.25, 0.3) is 0 Å². The summed E-state index contributed by atoms with van der Waals surface area (Å²) in [7, 11) is 0. The third kappa shape index (κ3) is 1.57. The van der Waals surface area contributed by atoms with Crippen molar-refractivity contribution in [2.75, 3.05) is 0 Å². The van der Waals surface area contributed by atoms with Crippen LogP contribution < -0.4 is 0 Å². The van der Waals surface area contributed by atoms with Crippen LogP contribution in [0.3, 0.4) is 0 Å². The largest absolute Gasteiger partial charge is 0.472 e. The topological polar surface area (TPSA) is 42.6 Å². The van der Waals surface area contributed by atoms with Gasteiger partial charge in [-0.3, -0.25) is 0 Å². The molecular formula is C8H9NO2. The second-order valence-corrected chi connectivity index (χ2v) is 2.77. The lowest BCUT2D eigenvalue weighted by Crippen LogP contribution is -2.11. The summed E-state index contributed by atoms with van der Waals surface area (Å²) in [6.07, 6.45) is 4.65. The van der Waals surface area contributed by atoms with Crippen LogP contribution in [0.4, 0.5) is 0 Å². The summed E-state index contributed by atoms with van der Waals surface area (Å²) in [6, 6.07) is 1.78. The van der Waals surface area contributed by atoms with Gasteiger partial charge < -0.3 is 4.42 Å². The molecule has 0 saturated heterocycles. The molecule has 11 heavy (non-hydrogen) atoms. The molecule has 0 aromatic carbocycles. The Kier molecular flexibility index (Phi) is 1.92. The molecule has 3 heteroatoms. The van der Waals surface area contributed by atoms with E-state index in [-0.39, 0.29) is 0 Å². The van der Waals surface area contributed by atoms with E-state index in [1.165, 1.54) is 6.08 Å². The van der Waals surface area contributed by atoms with Gasteiger partial charge in [0.15, 0.2) is 0 Å². The maximum atomic E-state index is 9.99. The number of aliphatic imine (C=N–C) groups is 1. The quantitative estimate of drug-likeness (QED) is 0.478. The number of furan rings is 1. The molecule has 0 aliphatic carbocycles. The van der Waals surface area contributed by atoms with E-state index in [2.05, 4.69) is 4.99 Å². The average Bonchev–Trinajstić information content (AvgIpc) is 2.37. The van der Waals surface area contributed by atoms with E-state index < -0.39 is 5.54 Å². The fraction of sp³-hybridized carbons (Fsp3) is 0.375. The van der Waals surface area contributed by atoms with Crippen molar-refractivity contribution in [1.82, 2.24) is 0 Å². The Morgan fingerprint density at radius 3 is 2.82 bits per heavy atom. The Morgan fingerprint density at radius 2 is 2.36 bits per heavy atom. The second-order valence-electron chi connectivity index (χ2n) is 2.77. The van der Waals surface area contributed by atoms with E-state index in [1.54, 1.807) is 18.6 Å². The Morgan fingerprint density at radius 1 is 1.64 bits per heavy atom. The minimum Gasteiger partial charge on any atom is -0.472 e. The van der Waals surface area contributed by atoms with Crippen LogP contribution in [-0.2, 0) is 10.3 Å². The Balaban J connectivity index is 2.99. The molecule has 1 aromatic heterocycles. The normalized spacial score (nSPS) is 10.7. The van der Waals surface area contributed by atoms with Crippen LogP contribution in [0.1, 0.15) is 19.4 Å². The molecule has 1 rings (SSSR count). The fourth-order valence-electron chi connectivity index (χ4n) is 0.791. The molecule has 0 aliphatic rings. The van der Waals surface area contributed by atoms with E-state index in [9.17, 15) is 4.79 Å². The Bertz CT molecular complexity index is 268. The van der Waals surface area contributed by atoms with E-state index >= 15 is 0 Å². The molecule has 1 aromatic rings. The zero-order valence-electron chi connectivity index (χ0n) is 6.50. The lowest BCUT2D eigenvalue weighted by molar-refractivity contribution is 0.508. The van der Waals surface area contributed by atoms with E-state index in [4.69, 9.17) is 4.42 Å². The van der Waals surface area contributed by atoms with Gasteiger partial charge in [0.25, 0.3) is 0 Å². The van der Waals surface area contributed by atoms with Crippen molar-refractivity contribution < 1.29 is 9.21 Å². The number of isocyanates is 1. The maximum absolute atomic E-state index is 9.99. The summed E-state index contributed by atoms with van der Waals surface area (Å²) in [5.41, 5.74) is 0.357. The summed E-state index contributed by atoms with van der Waals surface area (Å²) < 4.78 is 4.86. The van der Waals surface area contributed by atoms with Gasteiger partial charge in [0, 0.05) is 5.56 Å². The van der Waals surface area contributed by atoms with Crippen LogP contribution in [0.15, 0.2) is 28.0 Å². The van der Waals surface area contributed by atoms with Crippen molar-refractivity contribution in [2.24, 2.45) is 4.99 Å². The first-order valence-corrected chi connectivity index (χ1v) is 3.28. The van der Waals surface area contributed by atoms with Crippen molar-refractivity contribution in [3.8, 4) is 0 Å². The first kappa shape index (κ1) is 7.76. The molecule has 0 amide bonds. The highest BCUT2D eigenvalue weighted by Crippen LogP contribution is 2.23. The van der Waals surface area contributed by atoms with Crippen molar-refractivity contribution >= 4 is 6.08 Å². The number of carbonyl (C=O) groups excluding carboxylic acids is 1. The van der Waals surface area contributed by atoms with Crippen LogP contribution in [-0.4, -0.2) is 6.08 Å². The average molecular weight is 151 g/mol. The molecule has 0 aliphatic heterocycles. The standard InChI is InChI=1S/C8H9NO2/c1-8(2,9-6-10)7-3-4-11-5-7/h3-5H,1-2H3. The monoisotopic (exact) mass is 151 g/mol. The first-order chi connectivity index (χ1) is 5.17. The molecule has 1 heterocycles. The molecule has 0 bridgehead atoms. The minimum atomic E-state index is -0.519. The third-order valence-electron chi connectivity index (χ3n) is 1.55. The van der Waals surface area contributed by atoms with Crippen LogP contribution >= 0.6 is 0 Å². The number of hydrogen-bond donors (Lipinski definition) is 0. The highest BCUT2D eigenvalue weighted by molar-refractivity contribution is 5.36. The van der Waals surface area contributed by atoms with Crippen molar-refractivity contribution in [1.29, 1.82) is 0 Å². The summed E-state index contributed by atoms with van der Waals surface area (Å²) >= 11 is 0. The third-order valence-corrected chi connectivity index (χ3v) is 1.55. The van der Waals surface area contributed by atoms with Crippen molar-refractivity contribution in [3.63, 3.8) is 0 Å². The van der Waals surface area contributed by atoms with Gasteiger partial charge >= 0.3 is 0 Å². The molecule has 0 saturated carbocycles. The second kappa shape index (κ2) is 2.72. The zero-order chi connectivity index (χ0) is 8.32. The lowest BCUT2D eigenvalue weighted by Gasteiger charge is -2.13. The van der Waals surface area contributed by atoms with Gasteiger partial charge in [-0.05, 0) is 19.9 Å². The fourth-order valence-corrected chi connectivity index (χ4v) is 0.791. The van der Waals surface area contributed by atoms with Gasteiger partial charge in [-0.2, -0.15) is 4.99 Å². The van der Waals surface area contributed by atoms with Gasteiger partial charge in [0.1, 0.15) is 0 Å². The molecule has 0 radical (unpaired) electrons. The molecule has 0 spiro atoms. The summed E-state index contributed by atoms with van der Waals surface area (Å²) in [6.45, 7) is 3.64. The molecule has 0 N–H and O–H groups in total. The first-order valence-electron chi connectivity index (χ1n) is 3.28. The van der Waals surface area contributed by atoms with Gasteiger partial charge in [-0.15, -0.1) is 0 Å². The highest BCUT2D eigenvalue weighted by atomic mass is 16.3. The Labute approximate surface area is 64.7 Å². The molecule has 58 valence electrons. The summed E-state index contributed by atoms with van der Waals surface area (Å²) in [4.78, 5) is 13.6. The van der Waals surface area contributed by atoms with Gasteiger partial charge in [0.05, 0.1) is 18.1 Å². The SMILES string of the molecule is CC(C)(N=C=O)c1ccoc1. The van der Waals surface area contributed by atoms with Gasteiger partial charge in [0.2, 0.25) is 6.08 Å². The van der Waals surface area contributed by atoms with E-state index in [1.807, 2.05) is 13.8 Å². The summed E-state index contributed by atoms with van der Waals surface area (Å²) in [5, 5.41) is 0. The molecule has 0 fully saturated rings. The number of rotatable bonds is 2. The minimum absolute atomic E-state index is 0.519. The van der Waals surface area contributed by atoms with Crippen molar-refractivity contribution in [3.05, 3.63) is 24.2 Å². The predicted octanol–water partition coefficient (Wildman–Crippen LogP) is 1.85. The molecule has 0 unspecified atom stereocenters.